The van der Waals surface area contributed by atoms with Crippen LogP contribution in [0, 0.1) is 5.92 Å². The summed E-state index contributed by atoms with van der Waals surface area (Å²) in [6.07, 6.45) is 5.30. The van der Waals surface area contributed by atoms with Crippen LogP contribution < -0.4 is 5.32 Å². The number of hydrogen-bond acceptors (Lipinski definition) is 6. The maximum atomic E-state index is 12.3. The second-order valence-corrected chi connectivity index (χ2v) is 7.25. The van der Waals surface area contributed by atoms with Crippen LogP contribution in [-0.2, 0) is 11.3 Å². The fraction of sp³-hybridized carbons (Fsp3) is 0.588. The third kappa shape index (κ3) is 5.35. The number of carbonyl (C=O) groups excluding carboxylic acids is 1. The molecule has 0 saturated heterocycles. The average Bonchev–Trinajstić information content (AvgIpc) is 3.24. The molecule has 0 radical (unpaired) electrons. The highest BCUT2D eigenvalue weighted by Crippen LogP contribution is 2.18. The van der Waals surface area contributed by atoms with E-state index in [-0.39, 0.29) is 23.6 Å². The number of thiazole rings is 1. The Morgan fingerprint density at radius 2 is 2.04 bits per heavy atom. The number of hydrogen-bond donors (Lipinski definition) is 2. The lowest BCUT2D eigenvalue weighted by Crippen LogP contribution is -2.33. The summed E-state index contributed by atoms with van der Waals surface area (Å²) in [5.74, 6) is -1.04. The Hall–Kier alpha value is -2.29. The summed E-state index contributed by atoms with van der Waals surface area (Å²) in [5.41, 5.74) is 0.741. The number of aromatic nitrogens is 4. The van der Waals surface area contributed by atoms with Gasteiger partial charge in [-0.15, -0.1) is 16.4 Å². The molecule has 0 aliphatic rings. The van der Waals surface area contributed by atoms with Crippen molar-refractivity contribution in [3.05, 3.63) is 28.0 Å². The summed E-state index contributed by atoms with van der Waals surface area (Å²) in [6.45, 7) is 6.40. The first kappa shape index (κ1) is 20.0. The number of rotatable bonds is 10. The van der Waals surface area contributed by atoms with Crippen molar-refractivity contribution in [1.82, 2.24) is 25.3 Å². The van der Waals surface area contributed by atoms with E-state index in [4.69, 9.17) is 5.11 Å². The van der Waals surface area contributed by atoms with E-state index in [1.165, 1.54) is 16.7 Å². The maximum absolute atomic E-state index is 12.3. The zero-order valence-corrected chi connectivity index (χ0v) is 16.1. The van der Waals surface area contributed by atoms with Crippen LogP contribution >= 0.6 is 11.3 Å². The van der Waals surface area contributed by atoms with E-state index < -0.39 is 5.97 Å². The third-order valence-corrected chi connectivity index (χ3v) is 4.88. The van der Waals surface area contributed by atoms with E-state index >= 15 is 0 Å². The number of carboxylic acid groups (broad SMARTS) is 1. The fourth-order valence-corrected chi connectivity index (χ4v) is 3.39. The molecule has 0 spiro atoms. The molecular weight excluding hydrogens is 354 g/mol. The monoisotopic (exact) mass is 379 g/mol. The van der Waals surface area contributed by atoms with Crippen LogP contribution in [0.15, 0.2) is 11.6 Å². The molecule has 142 valence electrons. The molecule has 2 heterocycles. The van der Waals surface area contributed by atoms with Gasteiger partial charge in [0.1, 0.15) is 10.7 Å². The molecule has 0 aliphatic heterocycles. The summed E-state index contributed by atoms with van der Waals surface area (Å²) in [6, 6.07) is -0.175. The van der Waals surface area contributed by atoms with Crippen LogP contribution in [-0.4, -0.2) is 37.0 Å². The Kier molecular flexibility index (Phi) is 7.26. The second kappa shape index (κ2) is 9.42. The van der Waals surface area contributed by atoms with Gasteiger partial charge in [0, 0.05) is 11.3 Å². The Morgan fingerprint density at radius 3 is 2.65 bits per heavy atom. The molecule has 26 heavy (non-hydrogen) atoms. The molecule has 0 fully saturated rings. The van der Waals surface area contributed by atoms with Gasteiger partial charge in [-0.1, -0.05) is 38.8 Å². The molecular formula is C17H25N5O3S. The molecule has 2 unspecified atom stereocenters. The molecule has 1 amide bonds. The van der Waals surface area contributed by atoms with Crippen LogP contribution in [0.25, 0.3) is 0 Å². The Bertz CT molecular complexity index is 742. The topological polar surface area (TPSA) is 110 Å². The van der Waals surface area contributed by atoms with E-state index in [1.807, 2.05) is 6.92 Å². The minimum Gasteiger partial charge on any atom is -0.476 e. The Labute approximate surface area is 156 Å². The van der Waals surface area contributed by atoms with Crippen LogP contribution in [0.1, 0.15) is 73.7 Å². The zero-order valence-electron chi connectivity index (χ0n) is 15.3. The standard InChI is InChI=1S/C17H25N5O3S/c1-4-6-11(3)16(23)19-12(7-5-2)13-8-22(21-20-13)9-15-18-14(10-26-15)17(24)25/h8,10-12H,4-7,9H2,1-3H3,(H,19,23)(H,24,25). The maximum Gasteiger partial charge on any atom is 0.355 e. The average molecular weight is 379 g/mol. The lowest BCUT2D eigenvalue weighted by molar-refractivity contribution is -0.125. The third-order valence-electron chi connectivity index (χ3n) is 4.04. The molecule has 2 N–H and O–H groups in total. The van der Waals surface area contributed by atoms with Crippen LogP contribution in [0.5, 0.6) is 0 Å². The zero-order chi connectivity index (χ0) is 19.1. The summed E-state index contributed by atoms with van der Waals surface area (Å²) in [7, 11) is 0. The van der Waals surface area contributed by atoms with Gasteiger partial charge >= 0.3 is 5.97 Å². The molecule has 8 nitrogen and oxygen atoms in total. The van der Waals surface area contributed by atoms with Gasteiger partial charge < -0.3 is 10.4 Å². The van der Waals surface area contributed by atoms with Crippen molar-refractivity contribution in [2.75, 3.05) is 0 Å². The molecule has 0 bridgehead atoms. The summed E-state index contributed by atoms with van der Waals surface area (Å²) >= 11 is 1.27. The highest BCUT2D eigenvalue weighted by Gasteiger charge is 2.20. The summed E-state index contributed by atoms with van der Waals surface area (Å²) < 4.78 is 1.62. The molecule has 9 heteroatoms. The predicted molar refractivity (Wildman–Crippen MR) is 98.1 cm³/mol. The van der Waals surface area contributed by atoms with E-state index in [9.17, 15) is 9.59 Å². The fourth-order valence-electron chi connectivity index (χ4n) is 2.63. The van der Waals surface area contributed by atoms with Crippen molar-refractivity contribution >= 4 is 23.2 Å². The smallest absolute Gasteiger partial charge is 0.355 e. The quantitative estimate of drug-likeness (QED) is 0.657. The molecule has 0 aliphatic carbocycles. The van der Waals surface area contributed by atoms with Crippen molar-refractivity contribution in [2.45, 2.75) is 59.0 Å². The number of nitrogens with zero attached hydrogens (tertiary/aromatic N) is 4. The lowest BCUT2D eigenvalue weighted by atomic mass is 10.0. The largest absolute Gasteiger partial charge is 0.476 e. The molecule has 2 aromatic rings. The van der Waals surface area contributed by atoms with Crippen molar-refractivity contribution < 1.29 is 14.7 Å². The first-order valence-electron chi connectivity index (χ1n) is 8.82. The number of amides is 1. The number of aromatic carboxylic acids is 1. The van der Waals surface area contributed by atoms with Crippen molar-refractivity contribution in [3.63, 3.8) is 0 Å². The van der Waals surface area contributed by atoms with Gasteiger partial charge in [-0.3, -0.25) is 4.79 Å². The van der Waals surface area contributed by atoms with Crippen molar-refractivity contribution in [2.24, 2.45) is 5.92 Å². The number of nitrogens with one attached hydrogen (secondary N) is 1. The lowest BCUT2D eigenvalue weighted by Gasteiger charge is -2.18. The van der Waals surface area contributed by atoms with Gasteiger partial charge in [-0.25, -0.2) is 14.5 Å². The van der Waals surface area contributed by atoms with Gasteiger partial charge in [0.25, 0.3) is 0 Å². The first-order valence-corrected chi connectivity index (χ1v) is 9.70. The SMILES string of the molecule is CCCC(C)C(=O)NC(CCC)c1cn(Cc2nc(C(=O)O)cs2)nn1. The summed E-state index contributed by atoms with van der Waals surface area (Å²) in [4.78, 5) is 27.3. The Morgan fingerprint density at radius 1 is 1.31 bits per heavy atom. The van der Waals surface area contributed by atoms with Crippen LogP contribution in [0.2, 0.25) is 0 Å². The van der Waals surface area contributed by atoms with Crippen LogP contribution in [0.3, 0.4) is 0 Å². The van der Waals surface area contributed by atoms with E-state index in [0.717, 1.165) is 25.7 Å². The normalized spacial score (nSPS) is 13.3. The highest BCUT2D eigenvalue weighted by atomic mass is 32.1. The van der Waals surface area contributed by atoms with Gasteiger partial charge in [-0.05, 0) is 12.8 Å². The number of carbonyl (C=O) groups is 2. The van der Waals surface area contributed by atoms with Crippen molar-refractivity contribution in [3.8, 4) is 0 Å². The molecule has 2 rings (SSSR count). The van der Waals surface area contributed by atoms with E-state index in [0.29, 0.717) is 17.2 Å². The highest BCUT2D eigenvalue weighted by molar-refractivity contribution is 7.09. The van der Waals surface area contributed by atoms with E-state index in [1.54, 1.807) is 10.9 Å². The minimum absolute atomic E-state index is 0.0286. The van der Waals surface area contributed by atoms with E-state index in [2.05, 4.69) is 34.5 Å². The minimum atomic E-state index is -1.04. The van der Waals surface area contributed by atoms with Gasteiger partial charge in [0.2, 0.25) is 5.91 Å². The first-order chi connectivity index (χ1) is 12.4. The predicted octanol–water partition coefficient (Wildman–Crippen LogP) is 2.87. The molecule has 2 aromatic heterocycles. The molecule has 0 saturated carbocycles. The molecule has 0 aromatic carbocycles. The Balaban J connectivity index is 2.05. The van der Waals surface area contributed by atoms with Crippen molar-refractivity contribution in [1.29, 1.82) is 0 Å². The molecule has 2 atom stereocenters. The number of carboxylic acids is 1. The van der Waals surface area contributed by atoms with Crippen LogP contribution in [0.4, 0.5) is 0 Å². The summed E-state index contributed by atoms with van der Waals surface area (Å²) in [5, 5.41) is 22.4. The van der Waals surface area contributed by atoms with Gasteiger partial charge in [0.15, 0.2) is 5.69 Å². The second-order valence-electron chi connectivity index (χ2n) is 6.31. The van der Waals surface area contributed by atoms with Gasteiger partial charge in [-0.2, -0.15) is 0 Å². The van der Waals surface area contributed by atoms with Gasteiger partial charge in [0.05, 0.1) is 18.8 Å².